The summed E-state index contributed by atoms with van der Waals surface area (Å²) in [5, 5.41) is 3.02. The van der Waals surface area contributed by atoms with Crippen LogP contribution in [0.15, 0.2) is 72.1 Å². The van der Waals surface area contributed by atoms with Crippen molar-refractivity contribution in [2.45, 2.75) is 6.54 Å². The van der Waals surface area contributed by atoms with Crippen LogP contribution in [0.4, 0.5) is 5.69 Å². The summed E-state index contributed by atoms with van der Waals surface area (Å²) in [5.41, 5.74) is 1.97. The number of nitrogens with zero attached hydrogens (tertiary/aromatic N) is 2. The summed E-state index contributed by atoms with van der Waals surface area (Å²) in [6.07, 6.45) is 0. The fourth-order valence-electron chi connectivity index (χ4n) is 3.36. The summed E-state index contributed by atoms with van der Waals surface area (Å²) >= 11 is 1.62. The zero-order chi connectivity index (χ0) is 19.6. The van der Waals surface area contributed by atoms with E-state index >= 15 is 0 Å². The third kappa shape index (κ3) is 3.54. The van der Waals surface area contributed by atoms with E-state index in [1.54, 1.807) is 22.3 Å². The minimum absolute atomic E-state index is 0.152. The van der Waals surface area contributed by atoms with Crippen molar-refractivity contribution in [1.29, 1.82) is 0 Å². The first-order valence-corrected chi connectivity index (χ1v) is 10.3. The van der Waals surface area contributed by atoms with Crippen LogP contribution in [-0.2, 0) is 6.54 Å². The first-order chi connectivity index (χ1) is 14.3. The minimum atomic E-state index is -0.152. The van der Waals surface area contributed by atoms with E-state index in [2.05, 4.69) is 4.98 Å². The number of ether oxygens (including phenoxy) is 2. The van der Waals surface area contributed by atoms with E-state index in [0.717, 1.165) is 21.5 Å². The number of aromatic nitrogens is 1. The smallest absolute Gasteiger partial charge is 0.277 e. The number of hydrogen-bond acceptors (Lipinski definition) is 5. The maximum Gasteiger partial charge on any atom is 0.277 e. The molecule has 0 spiro atoms. The Bertz CT molecular complexity index is 1170. The van der Waals surface area contributed by atoms with Gasteiger partial charge in [-0.05, 0) is 35.7 Å². The first kappa shape index (κ1) is 17.7. The average molecular weight is 402 g/mol. The lowest BCUT2D eigenvalue weighted by molar-refractivity contribution is 0.0980. The Morgan fingerprint density at radius 2 is 1.83 bits per heavy atom. The Labute approximate surface area is 172 Å². The van der Waals surface area contributed by atoms with Crippen LogP contribution in [0.25, 0.3) is 10.9 Å². The lowest BCUT2D eigenvalue weighted by Gasteiger charge is -2.25. The van der Waals surface area contributed by atoms with Gasteiger partial charge in [0.2, 0.25) is 0 Å². The molecular formula is C23H18N2O3S. The van der Waals surface area contributed by atoms with E-state index in [1.165, 1.54) is 0 Å². The van der Waals surface area contributed by atoms with Gasteiger partial charge < -0.3 is 14.4 Å². The molecule has 0 saturated heterocycles. The molecule has 0 atom stereocenters. The van der Waals surface area contributed by atoms with Gasteiger partial charge in [-0.3, -0.25) is 4.79 Å². The molecule has 3 heterocycles. The summed E-state index contributed by atoms with van der Waals surface area (Å²) in [7, 11) is 0. The van der Waals surface area contributed by atoms with Crippen LogP contribution in [0.1, 0.15) is 15.4 Å². The van der Waals surface area contributed by atoms with Gasteiger partial charge in [0.25, 0.3) is 5.91 Å². The average Bonchev–Trinajstić information content (AvgIpc) is 3.30. The molecule has 1 amide bonds. The molecule has 5 nitrogen and oxygen atoms in total. The number of para-hydroxylation sites is 1. The Morgan fingerprint density at radius 1 is 0.966 bits per heavy atom. The lowest BCUT2D eigenvalue weighted by Crippen LogP contribution is -2.31. The van der Waals surface area contributed by atoms with E-state index in [4.69, 9.17) is 9.47 Å². The van der Waals surface area contributed by atoms with Gasteiger partial charge in [-0.2, -0.15) is 0 Å². The van der Waals surface area contributed by atoms with Crippen molar-refractivity contribution in [1.82, 2.24) is 4.98 Å². The number of carbonyl (C=O) groups is 1. The Balaban J connectivity index is 1.54. The number of anilines is 1. The monoisotopic (exact) mass is 402 g/mol. The highest BCUT2D eigenvalue weighted by Gasteiger charge is 2.22. The number of benzene rings is 2. The number of carbonyl (C=O) groups excluding carboxylic acids is 1. The Kier molecular flexibility index (Phi) is 4.62. The Morgan fingerprint density at radius 3 is 2.69 bits per heavy atom. The fourth-order valence-corrected chi connectivity index (χ4v) is 4.05. The molecule has 0 radical (unpaired) electrons. The fraction of sp³-hybridized carbons (Fsp3) is 0.130. The van der Waals surface area contributed by atoms with E-state index in [1.807, 2.05) is 66.0 Å². The summed E-state index contributed by atoms with van der Waals surface area (Å²) in [6.45, 7) is 1.50. The van der Waals surface area contributed by atoms with Crippen LogP contribution < -0.4 is 14.4 Å². The van der Waals surface area contributed by atoms with Gasteiger partial charge in [-0.1, -0.05) is 30.3 Å². The van der Waals surface area contributed by atoms with Crippen molar-refractivity contribution in [3.63, 3.8) is 0 Å². The summed E-state index contributed by atoms with van der Waals surface area (Å²) in [4.78, 5) is 20.9. The van der Waals surface area contributed by atoms with Crippen LogP contribution in [-0.4, -0.2) is 24.1 Å². The van der Waals surface area contributed by atoms with Gasteiger partial charge in [-0.15, -0.1) is 11.3 Å². The standard InChI is InChI=1S/C23H18N2O3S/c26-23(20-9-7-16-4-1-2-6-19(16)24-20)25(15-18-5-3-13-29-18)17-8-10-21-22(14-17)28-12-11-27-21/h1-10,13-14H,11-12,15H2. The molecule has 1 aliphatic rings. The molecule has 5 rings (SSSR count). The quantitative estimate of drug-likeness (QED) is 0.486. The van der Waals surface area contributed by atoms with Gasteiger partial charge >= 0.3 is 0 Å². The predicted octanol–water partition coefficient (Wildman–Crippen LogP) is 4.91. The number of amides is 1. The highest BCUT2D eigenvalue weighted by molar-refractivity contribution is 7.09. The predicted molar refractivity (Wildman–Crippen MR) is 114 cm³/mol. The maximum atomic E-state index is 13.5. The second-order valence-corrected chi connectivity index (χ2v) is 7.72. The molecule has 4 aromatic rings. The van der Waals surface area contributed by atoms with Crippen LogP contribution in [0.3, 0.4) is 0 Å². The van der Waals surface area contributed by atoms with E-state index < -0.39 is 0 Å². The van der Waals surface area contributed by atoms with E-state index in [0.29, 0.717) is 37.0 Å². The summed E-state index contributed by atoms with van der Waals surface area (Å²) in [6, 6.07) is 21.1. The number of fused-ring (bicyclic) bond motifs is 2. The molecule has 0 fully saturated rings. The molecule has 2 aromatic heterocycles. The van der Waals surface area contributed by atoms with Gasteiger partial charge in [0.1, 0.15) is 18.9 Å². The molecule has 0 aliphatic carbocycles. The highest BCUT2D eigenvalue weighted by atomic mass is 32.1. The molecule has 1 aliphatic heterocycles. The second-order valence-electron chi connectivity index (χ2n) is 6.69. The van der Waals surface area contributed by atoms with Crippen molar-refractivity contribution >= 4 is 33.8 Å². The first-order valence-electron chi connectivity index (χ1n) is 9.38. The third-order valence-corrected chi connectivity index (χ3v) is 5.66. The van der Waals surface area contributed by atoms with Crippen molar-refractivity contribution in [2.24, 2.45) is 0 Å². The van der Waals surface area contributed by atoms with Crippen molar-refractivity contribution in [2.75, 3.05) is 18.1 Å². The molecule has 29 heavy (non-hydrogen) atoms. The number of rotatable bonds is 4. The molecule has 2 aromatic carbocycles. The van der Waals surface area contributed by atoms with Crippen LogP contribution >= 0.6 is 11.3 Å². The SMILES string of the molecule is O=C(c1ccc2ccccc2n1)N(Cc1cccs1)c1ccc2c(c1)OCCO2. The normalized spacial score (nSPS) is 12.7. The van der Waals surface area contributed by atoms with Gasteiger partial charge in [0.05, 0.1) is 12.1 Å². The topological polar surface area (TPSA) is 51.7 Å². The summed E-state index contributed by atoms with van der Waals surface area (Å²) < 4.78 is 11.3. The van der Waals surface area contributed by atoms with Crippen LogP contribution in [0.2, 0.25) is 0 Å². The molecule has 0 unspecified atom stereocenters. The lowest BCUT2D eigenvalue weighted by atomic mass is 10.1. The molecular weight excluding hydrogens is 384 g/mol. The van der Waals surface area contributed by atoms with Gasteiger partial charge in [0, 0.05) is 22.0 Å². The van der Waals surface area contributed by atoms with E-state index in [-0.39, 0.29) is 5.91 Å². The second kappa shape index (κ2) is 7.56. The Hall–Kier alpha value is -3.38. The van der Waals surface area contributed by atoms with Crippen molar-refractivity contribution < 1.29 is 14.3 Å². The van der Waals surface area contributed by atoms with Crippen LogP contribution in [0.5, 0.6) is 11.5 Å². The summed E-state index contributed by atoms with van der Waals surface area (Å²) in [5.74, 6) is 1.21. The largest absolute Gasteiger partial charge is 0.486 e. The van der Waals surface area contributed by atoms with Gasteiger partial charge in [-0.25, -0.2) is 4.98 Å². The van der Waals surface area contributed by atoms with Crippen molar-refractivity contribution in [3.8, 4) is 11.5 Å². The zero-order valence-corrected chi connectivity index (χ0v) is 16.4. The van der Waals surface area contributed by atoms with E-state index in [9.17, 15) is 4.79 Å². The van der Waals surface area contributed by atoms with Crippen molar-refractivity contribution in [3.05, 3.63) is 82.7 Å². The number of thiophene rings is 1. The highest BCUT2D eigenvalue weighted by Crippen LogP contribution is 2.35. The molecule has 0 bridgehead atoms. The maximum absolute atomic E-state index is 13.5. The number of hydrogen-bond donors (Lipinski definition) is 0. The molecule has 0 N–H and O–H groups in total. The molecule has 0 saturated carbocycles. The van der Waals surface area contributed by atoms with Gasteiger partial charge in [0.15, 0.2) is 11.5 Å². The third-order valence-electron chi connectivity index (χ3n) is 4.79. The van der Waals surface area contributed by atoms with Crippen LogP contribution in [0, 0.1) is 0 Å². The minimum Gasteiger partial charge on any atom is -0.486 e. The molecule has 144 valence electrons. The zero-order valence-electron chi connectivity index (χ0n) is 15.6. The molecule has 6 heteroatoms. The number of pyridine rings is 1.